The monoisotopic (exact) mass is 287 g/mol. The number of hydrogen-bond acceptors (Lipinski definition) is 4. The van der Waals surface area contributed by atoms with Crippen LogP contribution in [0, 0.1) is 0 Å². The molecule has 0 aliphatic rings. The van der Waals surface area contributed by atoms with E-state index in [1.54, 1.807) is 38.5 Å². The van der Waals surface area contributed by atoms with E-state index in [1.165, 1.54) is 0 Å². The molecule has 0 aromatic heterocycles. The minimum absolute atomic E-state index is 0.266. The van der Waals surface area contributed by atoms with Gasteiger partial charge in [0.1, 0.15) is 11.5 Å². The highest BCUT2D eigenvalue weighted by Crippen LogP contribution is 2.25. The molecule has 0 unspecified atom stereocenters. The first-order valence-corrected chi connectivity index (χ1v) is 6.42. The number of ether oxygens (including phenoxy) is 2. The highest BCUT2D eigenvalue weighted by molar-refractivity contribution is 5.87. The third-order valence-electron chi connectivity index (χ3n) is 3.11. The molecular weight excluding hydrogens is 270 g/mol. The molecule has 0 saturated heterocycles. The summed E-state index contributed by atoms with van der Waals surface area (Å²) in [6, 6.07) is 12.2. The number of nitrogens with one attached hydrogen (secondary N) is 1. The normalized spacial score (nSPS) is 10.0. The Labute approximate surface area is 123 Å². The second-order valence-electron chi connectivity index (χ2n) is 4.41. The molecule has 0 amide bonds. The fourth-order valence-corrected chi connectivity index (χ4v) is 1.93. The van der Waals surface area contributed by atoms with Crippen molar-refractivity contribution in [3.63, 3.8) is 0 Å². The first kappa shape index (κ1) is 14.7. The first-order valence-electron chi connectivity index (χ1n) is 6.42. The van der Waals surface area contributed by atoms with Crippen LogP contribution in [0.1, 0.15) is 15.9 Å². The Bertz CT molecular complexity index is 623. The van der Waals surface area contributed by atoms with Crippen LogP contribution in [-0.4, -0.2) is 25.3 Å². The van der Waals surface area contributed by atoms with Crippen molar-refractivity contribution in [2.75, 3.05) is 19.5 Å². The Morgan fingerprint density at radius 3 is 2.38 bits per heavy atom. The average molecular weight is 287 g/mol. The van der Waals surface area contributed by atoms with E-state index in [0.29, 0.717) is 6.54 Å². The lowest BCUT2D eigenvalue weighted by Crippen LogP contribution is -2.03. The van der Waals surface area contributed by atoms with Crippen molar-refractivity contribution >= 4 is 11.7 Å². The Morgan fingerprint density at radius 1 is 1.10 bits per heavy atom. The van der Waals surface area contributed by atoms with E-state index in [0.717, 1.165) is 22.7 Å². The van der Waals surface area contributed by atoms with E-state index >= 15 is 0 Å². The summed E-state index contributed by atoms with van der Waals surface area (Å²) in [7, 11) is 3.22. The number of anilines is 1. The maximum absolute atomic E-state index is 10.8. The van der Waals surface area contributed by atoms with Crippen LogP contribution in [0.25, 0.3) is 0 Å². The number of methoxy groups -OCH3 is 2. The highest BCUT2D eigenvalue weighted by atomic mass is 16.5. The van der Waals surface area contributed by atoms with E-state index < -0.39 is 5.97 Å². The third-order valence-corrected chi connectivity index (χ3v) is 3.11. The van der Waals surface area contributed by atoms with E-state index in [4.69, 9.17) is 14.6 Å². The maximum Gasteiger partial charge on any atom is 0.335 e. The van der Waals surface area contributed by atoms with Gasteiger partial charge in [-0.15, -0.1) is 0 Å². The van der Waals surface area contributed by atoms with Crippen molar-refractivity contribution in [2.24, 2.45) is 0 Å². The summed E-state index contributed by atoms with van der Waals surface area (Å²) in [5, 5.41) is 12.1. The summed E-state index contributed by atoms with van der Waals surface area (Å²) in [4.78, 5) is 10.8. The second kappa shape index (κ2) is 6.65. The summed E-state index contributed by atoms with van der Waals surface area (Å²) in [6.07, 6.45) is 0. The molecule has 2 aromatic carbocycles. The number of hydrogen-bond donors (Lipinski definition) is 2. The Hall–Kier alpha value is -2.69. The molecule has 0 saturated carbocycles. The van der Waals surface area contributed by atoms with Crippen molar-refractivity contribution in [3.05, 3.63) is 53.6 Å². The van der Waals surface area contributed by atoms with Crippen molar-refractivity contribution in [1.82, 2.24) is 0 Å². The number of rotatable bonds is 6. The Balaban J connectivity index is 2.07. The number of benzene rings is 2. The van der Waals surface area contributed by atoms with E-state index in [1.807, 2.05) is 18.2 Å². The topological polar surface area (TPSA) is 67.8 Å². The number of carboxylic acids is 1. The zero-order valence-electron chi connectivity index (χ0n) is 11.9. The van der Waals surface area contributed by atoms with Gasteiger partial charge in [-0.3, -0.25) is 0 Å². The van der Waals surface area contributed by atoms with Gasteiger partial charge in [0.05, 0.1) is 19.8 Å². The number of aromatic carboxylic acids is 1. The summed E-state index contributed by atoms with van der Waals surface area (Å²) in [5.41, 5.74) is 2.10. The van der Waals surface area contributed by atoms with Gasteiger partial charge in [0.2, 0.25) is 0 Å². The van der Waals surface area contributed by atoms with Crippen molar-refractivity contribution in [3.8, 4) is 11.5 Å². The molecule has 0 radical (unpaired) electrons. The zero-order valence-corrected chi connectivity index (χ0v) is 11.9. The van der Waals surface area contributed by atoms with Crippen LogP contribution in [0.2, 0.25) is 0 Å². The molecule has 0 aliphatic carbocycles. The molecule has 0 fully saturated rings. The predicted octanol–water partition coefficient (Wildman–Crippen LogP) is 3.01. The van der Waals surface area contributed by atoms with Crippen LogP contribution >= 0.6 is 0 Å². The summed E-state index contributed by atoms with van der Waals surface area (Å²) >= 11 is 0. The van der Waals surface area contributed by atoms with Gasteiger partial charge >= 0.3 is 5.97 Å². The summed E-state index contributed by atoms with van der Waals surface area (Å²) < 4.78 is 10.5. The molecule has 0 atom stereocenters. The molecule has 5 heteroatoms. The van der Waals surface area contributed by atoms with Crippen LogP contribution in [0.3, 0.4) is 0 Å². The fourth-order valence-electron chi connectivity index (χ4n) is 1.93. The third kappa shape index (κ3) is 3.66. The van der Waals surface area contributed by atoms with Crippen LogP contribution in [0.5, 0.6) is 11.5 Å². The molecule has 110 valence electrons. The molecule has 0 heterocycles. The van der Waals surface area contributed by atoms with E-state index in [2.05, 4.69) is 5.32 Å². The van der Waals surface area contributed by atoms with Crippen LogP contribution in [0.4, 0.5) is 5.69 Å². The first-order chi connectivity index (χ1) is 10.1. The van der Waals surface area contributed by atoms with Crippen molar-refractivity contribution in [1.29, 1.82) is 0 Å². The summed E-state index contributed by atoms with van der Waals surface area (Å²) in [6.45, 7) is 0.569. The molecule has 2 rings (SSSR count). The largest absolute Gasteiger partial charge is 0.497 e. The highest BCUT2D eigenvalue weighted by Gasteiger charge is 2.06. The van der Waals surface area contributed by atoms with Gasteiger partial charge in [0, 0.05) is 23.9 Å². The van der Waals surface area contributed by atoms with Crippen molar-refractivity contribution < 1.29 is 19.4 Å². The van der Waals surface area contributed by atoms with Gasteiger partial charge in [-0.25, -0.2) is 4.79 Å². The fraction of sp³-hybridized carbons (Fsp3) is 0.188. The quantitative estimate of drug-likeness (QED) is 0.854. The Morgan fingerprint density at radius 2 is 1.81 bits per heavy atom. The van der Waals surface area contributed by atoms with E-state index in [-0.39, 0.29) is 5.56 Å². The minimum Gasteiger partial charge on any atom is -0.497 e. The average Bonchev–Trinajstić information content (AvgIpc) is 2.53. The van der Waals surface area contributed by atoms with Gasteiger partial charge in [0.15, 0.2) is 0 Å². The molecule has 0 bridgehead atoms. The molecule has 21 heavy (non-hydrogen) atoms. The molecule has 0 spiro atoms. The number of carboxylic acid groups (broad SMARTS) is 1. The van der Waals surface area contributed by atoms with Gasteiger partial charge in [-0.05, 0) is 36.4 Å². The lowest BCUT2D eigenvalue weighted by Gasteiger charge is -2.12. The van der Waals surface area contributed by atoms with Gasteiger partial charge in [-0.2, -0.15) is 0 Å². The smallest absolute Gasteiger partial charge is 0.335 e. The second-order valence-corrected chi connectivity index (χ2v) is 4.41. The lowest BCUT2D eigenvalue weighted by atomic mass is 10.1. The van der Waals surface area contributed by atoms with Crippen molar-refractivity contribution in [2.45, 2.75) is 6.54 Å². The standard InChI is InChI=1S/C16H17NO4/c1-20-14-8-5-12(15(9-14)21-2)10-17-13-6-3-11(4-7-13)16(18)19/h3-9,17H,10H2,1-2H3,(H,18,19). The SMILES string of the molecule is COc1ccc(CNc2ccc(C(=O)O)cc2)c(OC)c1. The maximum atomic E-state index is 10.8. The molecule has 5 nitrogen and oxygen atoms in total. The van der Waals surface area contributed by atoms with Gasteiger partial charge in [-0.1, -0.05) is 0 Å². The van der Waals surface area contributed by atoms with Gasteiger partial charge < -0.3 is 19.9 Å². The molecular formula is C16H17NO4. The van der Waals surface area contributed by atoms with Crippen LogP contribution in [0.15, 0.2) is 42.5 Å². The minimum atomic E-state index is -0.932. The summed E-state index contributed by atoms with van der Waals surface area (Å²) in [5.74, 6) is 0.545. The number of carbonyl (C=O) groups is 1. The predicted molar refractivity (Wildman–Crippen MR) is 80.3 cm³/mol. The van der Waals surface area contributed by atoms with Crippen LogP contribution < -0.4 is 14.8 Å². The Kier molecular flexibility index (Phi) is 4.66. The van der Waals surface area contributed by atoms with E-state index in [9.17, 15) is 4.79 Å². The molecule has 0 aliphatic heterocycles. The van der Waals surface area contributed by atoms with Gasteiger partial charge in [0.25, 0.3) is 0 Å². The molecule has 2 aromatic rings. The lowest BCUT2D eigenvalue weighted by molar-refractivity contribution is 0.0697. The van der Waals surface area contributed by atoms with Crippen LogP contribution in [-0.2, 0) is 6.54 Å². The molecule has 2 N–H and O–H groups in total. The zero-order chi connectivity index (χ0) is 15.2.